The van der Waals surface area contributed by atoms with Crippen LogP contribution in [-0.4, -0.2) is 85.3 Å². The van der Waals surface area contributed by atoms with Gasteiger partial charge in [-0.15, -0.1) is 11.6 Å². The van der Waals surface area contributed by atoms with Gasteiger partial charge in [0, 0.05) is 57.5 Å². The zero-order valence-corrected chi connectivity index (χ0v) is 27.5. The van der Waals surface area contributed by atoms with Gasteiger partial charge in [-0.2, -0.15) is 0 Å². The molecule has 1 fully saturated rings. The minimum absolute atomic E-state index is 0.214. The molecule has 0 N–H and O–H groups in total. The number of fused-ring (bicyclic) bond motifs is 3. The lowest BCUT2D eigenvalue weighted by Crippen LogP contribution is -2.63. The summed E-state index contributed by atoms with van der Waals surface area (Å²) in [6.45, 7) is 9.74. The van der Waals surface area contributed by atoms with E-state index < -0.39 is 72.9 Å². The van der Waals surface area contributed by atoms with E-state index in [9.17, 15) is 24.0 Å². The van der Waals surface area contributed by atoms with Gasteiger partial charge in [0.15, 0.2) is 12.2 Å². The van der Waals surface area contributed by atoms with Crippen molar-refractivity contribution in [1.82, 2.24) is 0 Å². The van der Waals surface area contributed by atoms with Crippen molar-refractivity contribution in [3.63, 3.8) is 0 Å². The van der Waals surface area contributed by atoms with Gasteiger partial charge in [-0.05, 0) is 31.7 Å². The van der Waals surface area contributed by atoms with Gasteiger partial charge in [0.25, 0.3) is 0 Å². The van der Waals surface area contributed by atoms with Gasteiger partial charge in [0.1, 0.15) is 24.1 Å². The van der Waals surface area contributed by atoms with Crippen LogP contribution < -0.4 is 9.64 Å². The SMILES string of the molecule is CC(=O)OC[C@H]1O[C@H](Oc2cc3c(c4ccccc24)[C@H](CCl)CN3C(=O)OC(C)(C)C)[C@H](OC(C)=O)[C@@H](OC(C)=O)[C@H]1OC(C)=O. The summed E-state index contributed by atoms with van der Waals surface area (Å²) in [5.41, 5.74) is 0.561. The molecule has 6 atom stereocenters. The van der Waals surface area contributed by atoms with Crippen molar-refractivity contribution < 1.29 is 57.1 Å². The van der Waals surface area contributed by atoms with E-state index in [0.717, 1.165) is 31.7 Å². The first-order valence-corrected chi connectivity index (χ1v) is 15.2. The maximum absolute atomic E-state index is 13.3. The molecule has 0 aliphatic carbocycles. The molecular formula is C32H38ClNO12. The molecular weight excluding hydrogens is 626 g/mol. The summed E-state index contributed by atoms with van der Waals surface area (Å²) >= 11 is 6.39. The highest BCUT2D eigenvalue weighted by Crippen LogP contribution is 2.46. The zero-order valence-electron chi connectivity index (χ0n) is 26.7. The Bertz CT molecular complexity index is 1500. The molecule has 4 rings (SSSR count). The highest BCUT2D eigenvalue weighted by molar-refractivity contribution is 6.19. The standard InChI is InChI=1S/C32H38ClNO12/c1-16(35)40-15-25-27(41-17(2)36)28(42-18(3)37)29(43-19(4)38)30(45-25)44-24-12-23-26(22-11-9-8-10-21(22)24)20(13-33)14-34(23)31(39)46-32(5,6)7/h8-12,20,25,27-30H,13-15H2,1-7H3/t20-,25-,27+,28+,29-,30+/m1/s1. The third-order valence-electron chi connectivity index (χ3n) is 7.12. The van der Waals surface area contributed by atoms with Crippen LogP contribution in [0.1, 0.15) is 59.9 Å². The number of hydrogen-bond acceptors (Lipinski definition) is 12. The summed E-state index contributed by atoms with van der Waals surface area (Å²) in [4.78, 5) is 63.2. The molecule has 1 amide bonds. The Balaban J connectivity index is 1.84. The number of anilines is 1. The maximum Gasteiger partial charge on any atom is 0.414 e. The van der Waals surface area contributed by atoms with Crippen molar-refractivity contribution in [2.45, 2.75) is 90.7 Å². The Morgan fingerprint density at radius 3 is 2.02 bits per heavy atom. The molecule has 0 unspecified atom stereocenters. The van der Waals surface area contributed by atoms with Crippen LogP contribution >= 0.6 is 11.6 Å². The van der Waals surface area contributed by atoms with Gasteiger partial charge in [-0.3, -0.25) is 24.1 Å². The lowest BCUT2D eigenvalue weighted by molar-refractivity contribution is -0.288. The normalized spacial score (nSPS) is 24.0. The average Bonchev–Trinajstić information content (AvgIpc) is 3.32. The summed E-state index contributed by atoms with van der Waals surface area (Å²) in [6.07, 6.45) is -7.44. The number of esters is 4. The molecule has 1 saturated heterocycles. The summed E-state index contributed by atoms with van der Waals surface area (Å²) in [5, 5.41) is 1.37. The molecule has 14 heteroatoms. The van der Waals surface area contributed by atoms with E-state index in [1.165, 1.54) is 11.8 Å². The molecule has 0 saturated carbocycles. The Hall–Kier alpha value is -4.10. The van der Waals surface area contributed by atoms with Crippen LogP contribution in [0.4, 0.5) is 10.5 Å². The molecule has 2 heterocycles. The fourth-order valence-corrected chi connectivity index (χ4v) is 5.79. The summed E-state index contributed by atoms with van der Waals surface area (Å²) in [7, 11) is 0. The maximum atomic E-state index is 13.3. The summed E-state index contributed by atoms with van der Waals surface area (Å²) in [5.74, 6) is -2.69. The largest absolute Gasteiger partial charge is 0.463 e. The first-order valence-electron chi connectivity index (χ1n) is 14.7. The first kappa shape index (κ1) is 34.8. The van der Waals surface area contributed by atoms with E-state index in [4.69, 9.17) is 44.8 Å². The van der Waals surface area contributed by atoms with Crippen LogP contribution in [0.15, 0.2) is 30.3 Å². The summed E-state index contributed by atoms with van der Waals surface area (Å²) < 4.78 is 40.0. The van der Waals surface area contributed by atoms with Crippen LogP contribution in [0, 0.1) is 0 Å². The Kier molecular flexibility index (Phi) is 10.7. The number of halogens is 1. The van der Waals surface area contributed by atoms with Crippen molar-refractivity contribution in [2.24, 2.45) is 0 Å². The van der Waals surface area contributed by atoms with E-state index in [0.29, 0.717) is 11.1 Å². The molecule has 0 aromatic heterocycles. The van der Waals surface area contributed by atoms with Crippen molar-refractivity contribution in [2.75, 3.05) is 23.9 Å². The monoisotopic (exact) mass is 663 g/mol. The fraction of sp³-hybridized carbons (Fsp3) is 0.531. The zero-order chi connectivity index (χ0) is 33.9. The van der Waals surface area contributed by atoms with Crippen LogP contribution in [0.5, 0.6) is 5.75 Å². The minimum Gasteiger partial charge on any atom is -0.463 e. The molecule has 46 heavy (non-hydrogen) atoms. The van der Waals surface area contributed by atoms with E-state index in [2.05, 4.69) is 0 Å². The number of nitrogens with zero attached hydrogens (tertiary/aromatic N) is 1. The van der Waals surface area contributed by atoms with Crippen LogP contribution in [0.25, 0.3) is 10.8 Å². The van der Waals surface area contributed by atoms with Gasteiger partial charge >= 0.3 is 30.0 Å². The van der Waals surface area contributed by atoms with Crippen molar-refractivity contribution in [3.05, 3.63) is 35.9 Å². The smallest absolute Gasteiger partial charge is 0.414 e. The van der Waals surface area contributed by atoms with E-state index >= 15 is 0 Å². The van der Waals surface area contributed by atoms with Gasteiger partial charge < -0.3 is 33.2 Å². The highest BCUT2D eigenvalue weighted by Gasteiger charge is 2.53. The molecule has 0 radical (unpaired) electrons. The topological polar surface area (TPSA) is 153 Å². The second kappa shape index (κ2) is 14.1. The quantitative estimate of drug-likeness (QED) is 0.224. The van der Waals surface area contributed by atoms with Crippen LogP contribution in [0.2, 0.25) is 0 Å². The first-order chi connectivity index (χ1) is 21.6. The number of hydrogen-bond donors (Lipinski definition) is 0. The predicted octanol–water partition coefficient (Wildman–Crippen LogP) is 4.38. The Labute approximate surface area is 271 Å². The molecule has 250 valence electrons. The molecule has 2 aromatic carbocycles. The average molecular weight is 664 g/mol. The molecule has 0 bridgehead atoms. The number of benzene rings is 2. The number of alkyl halides is 1. The third-order valence-corrected chi connectivity index (χ3v) is 7.49. The third kappa shape index (κ3) is 8.00. The van der Waals surface area contributed by atoms with Crippen molar-refractivity contribution in [1.29, 1.82) is 0 Å². The second-order valence-electron chi connectivity index (χ2n) is 12.0. The van der Waals surface area contributed by atoms with Crippen molar-refractivity contribution in [3.8, 4) is 5.75 Å². The second-order valence-corrected chi connectivity index (χ2v) is 12.3. The molecule has 2 aliphatic heterocycles. The van der Waals surface area contributed by atoms with Gasteiger partial charge in [-0.25, -0.2) is 4.79 Å². The number of rotatable bonds is 8. The van der Waals surface area contributed by atoms with Crippen molar-refractivity contribution >= 4 is 58.0 Å². The Morgan fingerprint density at radius 1 is 0.870 bits per heavy atom. The number of carbonyl (C=O) groups is 5. The fourth-order valence-electron chi connectivity index (χ4n) is 5.53. The summed E-state index contributed by atoms with van der Waals surface area (Å²) in [6, 6.07) is 8.94. The van der Waals surface area contributed by atoms with Crippen LogP contribution in [-0.2, 0) is 47.6 Å². The minimum atomic E-state index is -1.47. The van der Waals surface area contributed by atoms with Gasteiger partial charge in [0.2, 0.25) is 12.4 Å². The highest BCUT2D eigenvalue weighted by atomic mass is 35.5. The lowest BCUT2D eigenvalue weighted by Gasteiger charge is -2.44. The molecule has 2 aliphatic rings. The number of ether oxygens (including phenoxy) is 7. The van der Waals surface area contributed by atoms with Gasteiger partial charge in [-0.1, -0.05) is 24.3 Å². The molecule has 2 aromatic rings. The molecule has 13 nitrogen and oxygen atoms in total. The molecule has 0 spiro atoms. The van der Waals surface area contributed by atoms with E-state index in [-0.39, 0.29) is 24.1 Å². The lowest BCUT2D eigenvalue weighted by atomic mass is 9.95. The van der Waals surface area contributed by atoms with Gasteiger partial charge in [0.05, 0.1) is 5.69 Å². The number of carbonyl (C=O) groups excluding carboxylic acids is 5. The van der Waals surface area contributed by atoms with Crippen LogP contribution in [0.3, 0.4) is 0 Å². The predicted molar refractivity (Wildman–Crippen MR) is 164 cm³/mol. The van der Waals surface area contributed by atoms with E-state index in [1.807, 2.05) is 12.1 Å². The number of amides is 1. The van der Waals surface area contributed by atoms with E-state index in [1.54, 1.807) is 39.0 Å². The Morgan fingerprint density at radius 2 is 1.46 bits per heavy atom.